The van der Waals surface area contributed by atoms with E-state index >= 15 is 0 Å². The number of hydrogen-bond acceptors (Lipinski definition) is 2. The molecule has 2 nitrogen and oxygen atoms in total. The van der Waals surface area contributed by atoms with Crippen molar-refractivity contribution in [1.82, 2.24) is 0 Å². The van der Waals surface area contributed by atoms with Gasteiger partial charge in [0.15, 0.2) is 0 Å². The number of benzene rings is 2. The quantitative estimate of drug-likeness (QED) is 0.670. The molecule has 2 aliphatic rings. The van der Waals surface area contributed by atoms with Crippen LogP contribution in [0.15, 0.2) is 60.7 Å². The van der Waals surface area contributed by atoms with Gasteiger partial charge in [0.1, 0.15) is 0 Å². The Morgan fingerprint density at radius 2 is 1.08 bits per heavy atom. The Balaban J connectivity index is 1.25. The SMILES string of the molecule is C1=Cc2ccccc2N(CCCCCN2CC=Cc3ccccc32)C1. The summed E-state index contributed by atoms with van der Waals surface area (Å²) in [5.74, 6) is 0. The van der Waals surface area contributed by atoms with Gasteiger partial charge in [0.2, 0.25) is 0 Å². The Morgan fingerprint density at radius 3 is 1.60 bits per heavy atom. The molecule has 2 aliphatic heterocycles. The molecular formula is C23H26N2. The predicted octanol–water partition coefficient (Wildman–Crippen LogP) is 5.22. The largest absolute Gasteiger partial charge is 0.367 e. The Hall–Kier alpha value is -2.48. The Labute approximate surface area is 151 Å². The first-order chi connectivity index (χ1) is 12.4. The molecule has 0 aromatic heterocycles. The van der Waals surface area contributed by atoms with Crippen LogP contribution in [0.1, 0.15) is 30.4 Å². The number of fused-ring (bicyclic) bond motifs is 2. The van der Waals surface area contributed by atoms with E-state index in [1.807, 2.05) is 0 Å². The van der Waals surface area contributed by atoms with Gasteiger partial charge in [-0.3, -0.25) is 0 Å². The fourth-order valence-electron chi connectivity index (χ4n) is 3.85. The van der Waals surface area contributed by atoms with E-state index in [9.17, 15) is 0 Å². The Bertz CT molecular complexity index is 710. The van der Waals surface area contributed by atoms with Crippen LogP contribution in [0.3, 0.4) is 0 Å². The maximum absolute atomic E-state index is 2.51. The number of para-hydroxylation sites is 2. The minimum atomic E-state index is 1.04. The third-order valence-electron chi connectivity index (χ3n) is 5.16. The first-order valence-corrected chi connectivity index (χ1v) is 9.43. The molecule has 0 bridgehead atoms. The number of unbranched alkanes of at least 4 members (excludes halogenated alkanes) is 2. The third-order valence-corrected chi connectivity index (χ3v) is 5.16. The van der Waals surface area contributed by atoms with Gasteiger partial charge in [0, 0.05) is 37.6 Å². The lowest BCUT2D eigenvalue weighted by molar-refractivity contribution is 0.651. The lowest BCUT2D eigenvalue weighted by Gasteiger charge is -2.29. The highest BCUT2D eigenvalue weighted by Gasteiger charge is 2.13. The Morgan fingerprint density at radius 1 is 0.600 bits per heavy atom. The van der Waals surface area contributed by atoms with E-state index in [1.54, 1.807) is 0 Å². The number of rotatable bonds is 6. The van der Waals surface area contributed by atoms with Gasteiger partial charge in [-0.15, -0.1) is 0 Å². The highest BCUT2D eigenvalue weighted by atomic mass is 15.1. The second-order valence-corrected chi connectivity index (χ2v) is 6.88. The van der Waals surface area contributed by atoms with Crippen molar-refractivity contribution in [2.45, 2.75) is 19.3 Å². The standard InChI is InChI=1S/C23H26N2/c1(6-16-24-18-8-12-20-10-2-4-14-22(20)24)7-17-25-19-9-13-21-11-3-5-15-23(21)25/h2-5,8-15H,1,6-7,16-19H2. The minimum absolute atomic E-state index is 1.04. The van der Waals surface area contributed by atoms with Crippen LogP contribution in [0.5, 0.6) is 0 Å². The lowest BCUT2D eigenvalue weighted by atomic mass is 10.1. The second-order valence-electron chi connectivity index (χ2n) is 6.88. The molecule has 4 rings (SSSR count). The molecule has 0 fully saturated rings. The van der Waals surface area contributed by atoms with Crippen molar-refractivity contribution in [2.24, 2.45) is 0 Å². The van der Waals surface area contributed by atoms with E-state index in [2.05, 4.69) is 82.6 Å². The van der Waals surface area contributed by atoms with Gasteiger partial charge in [-0.05, 0) is 42.5 Å². The van der Waals surface area contributed by atoms with Gasteiger partial charge in [-0.25, -0.2) is 0 Å². The zero-order valence-electron chi connectivity index (χ0n) is 14.8. The number of anilines is 2. The molecule has 0 spiro atoms. The highest BCUT2D eigenvalue weighted by Crippen LogP contribution is 2.27. The van der Waals surface area contributed by atoms with Crippen molar-refractivity contribution in [1.29, 1.82) is 0 Å². The van der Waals surface area contributed by atoms with Gasteiger partial charge >= 0.3 is 0 Å². The summed E-state index contributed by atoms with van der Waals surface area (Å²) in [4.78, 5) is 5.02. The molecular weight excluding hydrogens is 304 g/mol. The summed E-state index contributed by atoms with van der Waals surface area (Å²) in [6.07, 6.45) is 12.8. The molecule has 0 radical (unpaired) electrons. The molecule has 2 aromatic carbocycles. The molecule has 2 aromatic rings. The van der Waals surface area contributed by atoms with E-state index in [4.69, 9.17) is 0 Å². The van der Waals surface area contributed by atoms with Crippen molar-refractivity contribution in [3.63, 3.8) is 0 Å². The van der Waals surface area contributed by atoms with Crippen molar-refractivity contribution in [2.75, 3.05) is 36.0 Å². The van der Waals surface area contributed by atoms with Gasteiger partial charge < -0.3 is 9.80 Å². The van der Waals surface area contributed by atoms with E-state index < -0.39 is 0 Å². The smallest absolute Gasteiger partial charge is 0.0442 e. The summed E-state index contributed by atoms with van der Waals surface area (Å²) < 4.78 is 0. The maximum atomic E-state index is 2.51. The van der Waals surface area contributed by atoms with E-state index in [0.717, 1.165) is 26.2 Å². The van der Waals surface area contributed by atoms with Gasteiger partial charge in [0.05, 0.1) is 0 Å². The second kappa shape index (κ2) is 7.60. The van der Waals surface area contributed by atoms with Crippen LogP contribution in [-0.2, 0) is 0 Å². The molecule has 0 atom stereocenters. The van der Waals surface area contributed by atoms with Crippen LogP contribution in [0, 0.1) is 0 Å². The van der Waals surface area contributed by atoms with E-state index in [-0.39, 0.29) is 0 Å². The summed E-state index contributed by atoms with van der Waals surface area (Å²) in [5.41, 5.74) is 5.48. The summed E-state index contributed by atoms with van der Waals surface area (Å²) in [6, 6.07) is 17.4. The normalized spacial score (nSPS) is 15.2. The van der Waals surface area contributed by atoms with Crippen LogP contribution in [0.25, 0.3) is 12.2 Å². The van der Waals surface area contributed by atoms with E-state index in [0.29, 0.717) is 0 Å². The fourth-order valence-corrected chi connectivity index (χ4v) is 3.85. The third kappa shape index (κ3) is 3.63. The zero-order chi connectivity index (χ0) is 16.9. The molecule has 0 aliphatic carbocycles. The van der Waals surface area contributed by atoms with Gasteiger partial charge in [0.25, 0.3) is 0 Å². The van der Waals surface area contributed by atoms with Crippen molar-refractivity contribution in [3.8, 4) is 0 Å². The molecule has 0 N–H and O–H groups in total. The molecule has 128 valence electrons. The monoisotopic (exact) mass is 330 g/mol. The molecule has 0 saturated carbocycles. The summed E-state index contributed by atoms with van der Waals surface area (Å²) in [7, 11) is 0. The van der Waals surface area contributed by atoms with Crippen LogP contribution in [0.4, 0.5) is 11.4 Å². The molecule has 0 saturated heterocycles. The van der Waals surface area contributed by atoms with Crippen LogP contribution in [-0.4, -0.2) is 26.2 Å². The summed E-state index contributed by atoms with van der Waals surface area (Å²) in [6.45, 7) is 4.39. The first kappa shape index (κ1) is 16.0. The average Bonchev–Trinajstić information content (AvgIpc) is 2.68. The van der Waals surface area contributed by atoms with E-state index in [1.165, 1.54) is 41.8 Å². The highest BCUT2D eigenvalue weighted by molar-refractivity contribution is 5.71. The molecule has 2 heterocycles. The van der Waals surface area contributed by atoms with Gasteiger partial charge in [-0.2, -0.15) is 0 Å². The minimum Gasteiger partial charge on any atom is -0.367 e. The number of nitrogens with zero attached hydrogens (tertiary/aromatic N) is 2. The summed E-state index contributed by atoms with van der Waals surface area (Å²) >= 11 is 0. The van der Waals surface area contributed by atoms with Crippen molar-refractivity contribution < 1.29 is 0 Å². The van der Waals surface area contributed by atoms with Crippen molar-refractivity contribution in [3.05, 3.63) is 71.8 Å². The van der Waals surface area contributed by atoms with Crippen LogP contribution in [0.2, 0.25) is 0 Å². The molecule has 2 heteroatoms. The number of hydrogen-bond donors (Lipinski definition) is 0. The molecule has 0 amide bonds. The lowest BCUT2D eigenvalue weighted by Crippen LogP contribution is -2.28. The topological polar surface area (TPSA) is 6.48 Å². The Kier molecular flexibility index (Phi) is 4.87. The van der Waals surface area contributed by atoms with Crippen molar-refractivity contribution >= 4 is 23.5 Å². The van der Waals surface area contributed by atoms with Crippen LogP contribution >= 0.6 is 0 Å². The molecule has 0 unspecified atom stereocenters. The zero-order valence-corrected chi connectivity index (χ0v) is 14.8. The first-order valence-electron chi connectivity index (χ1n) is 9.43. The fraction of sp³-hybridized carbons (Fsp3) is 0.304. The molecule has 25 heavy (non-hydrogen) atoms. The summed E-state index contributed by atoms with van der Waals surface area (Å²) in [5, 5.41) is 0. The predicted molar refractivity (Wildman–Crippen MR) is 109 cm³/mol. The average molecular weight is 330 g/mol. The van der Waals surface area contributed by atoms with Gasteiger partial charge in [-0.1, -0.05) is 60.7 Å². The van der Waals surface area contributed by atoms with Crippen LogP contribution < -0.4 is 9.80 Å². The maximum Gasteiger partial charge on any atom is 0.0442 e.